The number of carbonyl (C=O) groups is 2. The summed E-state index contributed by atoms with van der Waals surface area (Å²) < 4.78 is 0. The van der Waals surface area contributed by atoms with E-state index in [-0.39, 0.29) is 12.6 Å². The van der Waals surface area contributed by atoms with Gasteiger partial charge in [-0.3, -0.25) is 10.1 Å². The van der Waals surface area contributed by atoms with Crippen LogP contribution in [0.15, 0.2) is 24.3 Å². The minimum absolute atomic E-state index is 0.0147. The van der Waals surface area contributed by atoms with Gasteiger partial charge in [-0.1, -0.05) is 30.7 Å². The third-order valence-corrected chi connectivity index (χ3v) is 3.43. The number of hydrogen-bond acceptors (Lipinski definition) is 5. The minimum atomic E-state index is -0.546. The SMILES string of the molecule is CC[C@@H](C)NC(=O)NC(=O)Cn1nnc(-c2ccccc2Cl)n1. The van der Waals surface area contributed by atoms with E-state index in [1.807, 2.05) is 13.8 Å². The van der Waals surface area contributed by atoms with Gasteiger partial charge >= 0.3 is 6.03 Å². The molecule has 2 aromatic rings. The summed E-state index contributed by atoms with van der Waals surface area (Å²) in [6.45, 7) is 3.56. The van der Waals surface area contributed by atoms with E-state index >= 15 is 0 Å². The molecule has 1 aromatic heterocycles. The highest BCUT2D eigenvalue weighted by atomic mass is 35.5. The van der Waals surface area contributed by atoms with Crippen molar-refractivity contribution in [3.63, 3.8) is 0 Å². The van der Waals surface area contributed by atoms with Crippen LogP contribution in [0.1, 0.15) is 20.3 Å². The number of nitrogens with zero attached hydrogens (tertiary/aromatic N) is 4. The monoisotopic (exact) mass is 336 g/mol. The first-order valence-corrected chi connectivity index (χ1v) is 7.50. The first kappa shape index (κ1) is 16.9. The number of amides is 3. The summed E-state index contributed by atoms with van der Waals surface area (Å²) >= 11 is 6.06. The number of carbonyl (C=O) groups excluding carboxylic acids is 2. The van der Waals surface area contributed by atoms with Crippen molar-refractivity contribution in [2.75, 3.05) is 0 Å². The van der Waals surface area contributed by atoms with Crippen LogP contribution in [0, 0.1) is 0 Å². The van der Waals surface area contributed by atoms with Gasteiger partial charge in [-0.05, 0) is 30.7 Å². The zero-order chi connectivity index (χ0) is 16.8. The summed E-state index contributed by atoms with van der Waals surface area (Å²) in [7, 11) is 0. The van der Waals surface area contributed by atoms with Crippen molar-refractivity contribution in [1.82, 2.24) is 30.8 Å². The fourth-order valence-electron chi connectivity index (χ4n) is 1.72. The molecule has 0 spiro atoms. The molecule has 0 saturated carbocycles. The molecule has 3 amide bonds. The molecule has 23 heavy (non-hydrogen) atoms. The van der Waals surface area contributed by atoms with Gasteiger partial charge in [-0.25, -0.2) is 4.79 Å². The molecule has 0 aliphatic rings. The molecular weight excluding hydrogens is 320 g/mol. The van der Waals surface area contributed by atoms with Crippen LogP contribution in [0.2, 0.25) is 5.02 Å². The van der Waals surface area contributed by atoms with E-state index in [0.717, 1.165) is 11.2 Å². The Morgan fingerprint density at radius 3 is 2.78 bits per heavy atom. The standard InChI is InChI=1S/C14H17ClN6O2/c1-3-9(2)16-14(23)17-12(22)8-21-19-13(18-20-21)10-6-4-5-7-11(10)15/h4-7,9H,3,8H2,1-2H3,(H2,16,17,22,23)/t9-/m1/s1. The van der Waals surface area contributed by atoms with Crippen LogP contribution in [0.5, 0.6) is 0 Å². The maximum atomic E-state index is 11.8. The Morgan fingerprint density at radius 1 is 1.35 bits per heavy atom. The number of nitrogens with one attached hydrogen (secondary N) is 2. The van der Waals surface area contributed by atoms with Gasteiger partial charge in [-0.2, -0.15) is 4.80 Å². The molecule has 2 N–H and O–H groups in total. The van der Waals surface area contributed by atoms with E-state index in [4.69, 9.17) is 11.6 Å². The molecule has 1 aromatic carbocycles. The fourth-order valence-corrected chi connectivity index (χ4v) is 1.94. The second-order valence-electron chi connectivity index (χ2n) is 4.95. The summed E-state index contributed by atoms with van der Waals surface area (Å²) in [5.74, 6) is -0.221. The predicted octanol–water partition coefficient (Wildman–Crippen LogP) is 1.62. The maximum Gasteiger partial charge on any atom is 0.321 e. The predicted molar refractivity (Wildman–Crippen MR) is 84.7 cm³/mol. The molecule has 0 unspecified atom stereocenters. The van der Waals surface area contributed by atoms with Crippen molar-refractivity contribution in [3.8, 4) is 11.4 Å². The number of aromatic nitrogens is 4. The van der Waals surface area contributed by atoms with Crippen LogP contribution in [0.25, 0.3) is 11.4 Å². The van der Waals surface area contributed by atoms with Gasteiger partial charge < -0.3 is 5.32 Å². The van der Waals surface area contributed by atoms with Crippen LogP contribution in [0.3, 0.4) is 0 Å². The number of benzene rings is 1. The molecule has 0 radical (unpaired) electrons. The zero-order valence-corrected chi connectivity index (χ0v) is 13.5. The van der Waals surface area contributed by atoms with Crippen molar-refractivity contribution in [3.05, 3.63) is 29.3 Å². The van der Waals surface area contributed by atoms with E-state index < -0.39 is 11.9 Å². The number of tetrazole rings is 1. The minimum Gasteiger partial charge on any atom is -0.335 e. The zero-order valence-electron chi connectivity index (χ0n) is 12.8. The lowest BCUT2D eigenvalue weighted by atomic mass is 10.2. The first-order valence-electron chi connectivity index (χ1n) is 7.12. The molecular formula is C14H17ClN6O2. The molecule has 2 rings (SSSR count). The highest BCUT2D eigenvalue weighted by molar-refractivity contribution is 6.33. The molecule has 0 aliphatic heterocycles. The van der Waals surface area contributed by atoms with E-state index in [9.17, 15) is 9.59 Å². The van der Waals surface area contributed by atoms with Gasteiger partial charge in [0.1, 0.15) is 6.54 Å². The number of hydrogen-bond donors (Lipinski definition) is 2. The van der Waals surface area contributed by atoms with Gasteiger partial charge in [0, 0.05) is 11.6 Å². The number of rotatable bonds is 5. The molecule has 0 saturated heterocycles. The number of halogens is 1. The molecule has 122 valence electrons. The Bertz CT molecular complexity index is 702. The lowest BCUT2D eigenvalue weighted by Crippen LogP contribution is -2.44. The summed E-state index contributed by atoms with van der Waals surface area (Å²) in [5.41, 5.74) is 0.621. The van der Waals surface area contributed by atoms with Crippen molar-refractivity contribution < 1.29 is 9.59 Å². The lowest BCUT2D eigenvalue weighted by molar-refractivity contribution is -0.121. The quantitative estimate of drug-likeness (QED) is 0.863. The third-order valence-electron chi connectivity index (χ3n) is 3.10. The van der Waals surface area contributed by atoms with Gasteiger partial charge in [0.2, 0.25) is 5.82 Å². The third kappa shape index (κ3) is 4.75. The fraction of sp³-hybridized carbons (Fsp3) is 0.357. The average molecular weight is 337 g/mol. The Balaban J connectivity index is 1.95. The summed E-state index contributed by atoms with van der Waals surface area (Å²) in [6, 6.07) is 6.50. The summed E-state index contributed by atoms with van der Waals surface area (Å²) in [4.78, 5) is 24.4. The highest BCUT2D eigenvalue weighted by Gasteiger charge is 2.14. The number of imide groups is 1. The second-order valence-corrected chi connectivity index (χ2v) is 5.36. The molecule has 9 heteroatoms. The van der Waals surface area contributed by atoms with E-state index in [2.05, 4.69) is 26.0 Å². The van der Waals surface area contributed by atoms with Crippen molar-refractivity contribution >= 4 is 23.5 Å². The lowest BCUT2D eigenvalue weighted by Gasteiger charge is -2.11. The van der Waals surface area contributed by atoms with Crippen LogP contribution < -0.4 is 10.6 Å². The normalized spacial score (nSPS) is 11.8. The highest BCUT2D eigenvalue weighted by Crippen LogP contribution is 2.23. The Labute approximate surface area is 138 Å². The molecule has 0 bridgehead atoms. The molecule has 8 nitrogen and oxygen atoms in total. The largest absolute Gasteiger partial charge is 0.335 e. The van der Waals surface area contributed by atoms with E-state index in [1.165, 1.54) is 0 Å². The van der Waals surface area contributed by atoms with Crippen LogP contribution in [0.4, 0.5) is 4.79 Å². The van der Waals surface area contributed by atoms with Crippen molar-refractivity contribution in [2.24, 2.45) is 0 Å². The summed E-state index contributed by atoms with van der Waals surface area (Å²) in [6.07, 6.45) is 0.771. The summed E-state index contributed by atoms with van der Waals surface area (Å²) in [5, 5.41) is 17.1. The van der Waals surface area contributed by atoms with Crippen LogP contribution in [-0.4, -0.2) is 38.2 Å². The molecule has 1 heterocycles. The smallest absolute Gasteiger partial charge is 0.321 e. The molecule has 0 aliphatic carbocycles. The first-order chi connectivity index (χ1) is 11.0. The van der Waals surface area contributed by atoms with E-state index in [1.54, 1.807) is 24.3 Å². The Kier molecular flexibility index (Phi) is 5.64. The van der Waals surface area contributed by atoms with E-state index in [0.29, 0.717) is 16.4 Å². The van der Waals surface area contributed by atoms with Gasteiger partial charge in [0.05, 0.1) is 5.02 Å². The van der Waals surface area contributed by atoms with Crippen LogP contribution >= 0.6 is 11.6 Å². The molecule has 0 fully saturated rings. The topological polar surface area (TPSA) is 102 Å². The van der Waals surface area contributed by atoms with Crippen molar-refractivity contribution in [2.45, 2.75) is 32.9 Å². The van der Waals surface area contributed by atoms with Gasteiger partial charge in [-0.15, -0.1) is 10.2 Å². The number of urea groups is 1. The maximum absolute atomic E-state index is 11.8. The average Bonchev–Trinajstić information content (AvgIpc) is 2.95. The molecule has 1 atom stereocenters. The van der Waals surface area contributed by atoms with Crippen molar-refractivity contribution in [1.29, 1.82) is 0 Å². The second kappa shape index (κ2) is 7.68. The van der Waals surface area contributed by atoms with Gasteiger partial charge in [0.15, 0.2) is 0 Å². The van der Waals surface area contributed by atoms with Crippen LogP contribution in [-0.2, 0) is 11.3 Å². The van der Waals surface area contributed by atoms with Gasteiger partial charge in [0.25, 0.3) is 5.91 Å². The Morgan fingerprint density at radius 2 is 2.09 bits per heavy atom. The Hall–Kier alpha value is -2.48.